The molecule has 2 aromatic carbocycles. The number of ketones is 1. The first-order valence-corrected chi connectivity index (χ1v) is 10.1. The lowest BCUT2D eigenvalue weighted by Gasteiger charge is -2.33. The second-order valence-corrected chi connectivity index (χ2v) is 7.72. The van der Waals surface area contributed by atoms with Crippen molar-refractivity contribution in [2.24, 2.45) is 5.92 Å². The molecule has 2 amide bonds. The van der Waals surface area contributed by atoms with Crippen LogP contribution in [0, 0.1) is 5.92 Å². The maximum Gasteiger partial charge on any atom is 0.232 e. The Morgan fingerprint density at radius 3 is 2.13 bits per heavy atom. The maximum atomic E-state index is 13.1. The summed E-state index contributed by atoms with van der Waals surface area (Å²) in [4.78, 5) is 38.4. The van der Waals surface area contributed by atoms with Crippen LogP contribution in [0.5, 0.6) is 11.5 Å². The third-order valence-electron chi connectivity index (χ3n) is 5.80. The first-order chi connectivity index (χ1) is 15.0. The zero-order chi connectivity index (χ0) is 22.0. The first-order valence-electron chi connectivity index (χ1n) is 10.1. The number of methoxy groups -OCH3 is 2. The normalized spacial score (nSPS) is 20.6. The Labute approximate surface area is 180 Å². The van der Waals surface area contributed by atoms with Crippen molar-refractivity contribution in [1.29, 1.82) is 0 Å². The Hall–Kier alpha value is -3.61. The minimum absolute atomic E-state index is 0.0419. The average Bonchev–Trinajstić information content (AvgIpc) is 2.78. The molecule has 0 aromatic heterocycles. The molecule has 0 bridgehead atoms. The Morgan fingerprint density at radius 1 is 0.903 bits per heavy atom. The van der Waals surface area contributed by atoms with Crippen LogP contribution >= 0.6 is 0 Å². The topological polar surface area (TPSA) is 93.7 Å². The van der Waals surface area contributed by atoms with Crippen LogP contribution in [0.1, 0.15) is 30.7 Å². The lowest BCUT2D eigenvalue weighted by atomic mass is 9.75. The van der Waals surface area contributed by atoms with Gasteiger partial charge in [-0.05, 0) is 54.3 Å². The van der Waals surface area contributed by atoms with Gasteiger partial charge in [0.15, 0.2) is 5.78 Å². The first kappa shape index (κ1) is 20.7. The Balaban J connectivity index is 1.56. The maximum absolute atomic E-state index is 13.1. The third kappa shape index (κ3) is 4.30. The number of benzene rings is 2. The van der Waals surface area contributed by atoms with E-state index in [1.807, 2.05) is 24.3 Å². The Bertz CT molecular complexity index is 1040. The van der Waals surface area contributed by atoms with E-state index in [1.165, 1.54) is 0 Å². The van der Waals surface area contributed by atoms with E-state index in [4.69, 9.17) is 9.47 Å². The van der Waals surface area contributed by atoms with E-state index in [1.54, 1.807) is 38.5 Å². The smallest absolute Gasteiger partial charge is 0.232 e. The lowest BCUT2D eigenvalue weighted by Crippen LogP contribution is -2.43. The van der Waals surface area contributed by atoms with Crippen molar-refractivity contribution < 1.29 is 23.9 Å². The largest absolute Gasteiger partial charge is 0.497 e. The van der Waals surface area contributed by atoms with Crippen LogP contribution in [0.3, 0.4) is 0 Å². The molecule has 2 aromatic rings. The number of nitrogens with one attached hydrogen (secondary N) is 2. The molecule has 0 spiro atoms. The summed E-state index contributed by atoms with van der Waals surface area (Å²) in [6.07, 6.45) is 0.762. The van der Waals surface area contributed by atoms with Crippen molar-refractivity contribution in [2.75, 3.05) is 19.5 Å². The summed E-state index contributed by atoms with van der Waals surface area (Å²) in [7, 11) is 3.17. The number of ether oxygens (including phenoxy) is 2. The van der Waals surface area contributed by atoms with Gasteiger partial charge >= 0.3 is 0 Å². The fourth-order valence-electron chi connectivity index (χ4n) is 4.20. The van der Waals surface area contributed by atoms with E-state index in [0.717, 1.165) is 11.3 Å². The molecule has 1 aliphatic carbocycles. The molecule has 7 heteroatoms. The quantitative estimate of drug-likeness (QED) is 0.775. The second kappa shape index (κ2) is 8.63. The predicted octanol–water partition coefficient (Wildman–Crippen LogP) is 3.18. The van der Waals surface area contributed by atoms with Crippen LogP contribution in [0.2, 0.25) is 0 Å². The van der Waals surface area contributed by atoms with E-state index < -0.39 is 5.92 Å². The Morgan fingerprint density at radius 2 is 1.52 bits per heavy atom. The molecule has 4 rings (SSSR count). The fourth-order valence-corrected chi connectivity index (χ4v) is 4.20. The standard InChI is InChI=1S/C24H24N2O5/c1-30-17-7-3-14(4-8-17)15-11-20-23(21(27)12-15)19(13-22(28)26-20)24(29)25-16-5-9-18(31-2)10-6-16/h3-10,15,19H,11-13H2,1-2H3,(H,25,29)(H,26,28)/t15-,19+/m0/s1. The van der Waals surface area contributed by atoms with Crippen molar-refractivity contribution >= 4 is 23.3 Å². The minimum Gasteiger partial charge on any atom is -0.497 e. The van der Waals surface area contributed by atoms with E-state index in [-0.39, 0.29) is 29.9 Å². The molecule has 1 heterocycles. The highest BCUT2D eigenvalue weighted by Gasteiger charge is 2.40. The molecule has 2 aliphatic rings. The second-order valence-electron chi connectivity index (χ2n) is 7.72. The predicted molar refractivity (Wildman–Crippen MR) is 115 cm³/mol. The third-order valence-corrected chi connectivity index (χ3v) is 5.80. The SMILES string of the molecule is COc1ccc(NC(=O)[C@@H]2CC(=O)NC3=C2C(=O)C[C@@H](c2ccc(OC)cc2)C3)cc1. The van der Waals surface area contributed by atoms with Crippen LogP contribution in [-0.4, -0.2) is 31.8 Å². The number of carbonyl (C=O) groups excluding carboxylic acids is 3. The van der Waals surface area contributed by atoms with E-state index in [0.29, 0.717) is 35.5 Å². The van der Waals surface area contributed by atoms with Gasteiger partial charge in [0.1, 0.15) is 11.5 Å². The summed E-state index contributed by atoms with van der Waals surface area (Å²) in [6.45, 7) is 0. The van der Waals surface area contributed by atoms with Gasteiger partial charge in [0.05, 0.1) is 20.1 Å². The summed E-state index contributed by atoms with van der Waals surface area (Å²) in [5.74, 6) is -0.146. The molecular formula is C24H24N2O5. The molecule has 0 saturated heterocycles. The monoisotopic (exact) mass is 420 g/mol. The summed E-state index contributed by atoms with van der Waals surface area (Å²) in [5, 5.41) is 5.65. The summed E-state index contributed by atoms with van der Waals surface area (Å²) < 4.78 is 10.3. The van der Waals surface area contributed by atoms with Crippen LogP contribution in [0.15, 0.2) is 59.8 Å². The van der Waals surface area contributed by atoms with Gasteiger partial charge in [0.2, 0.25) is 11.8 Å². The number of carbonyl (C=O) groups is 3. The average molecular weight is 420 g/mol. The molecule has 160 valence electrons. The van der Waals surface area contributed by atoms with Gasteiger partial charge in [-0.15, -0.1) is 0 Å². The highest BCUT2D eigenvalue weighted by Crippen LogP contribution is 2.39. The molecule has 7 nitrogen and oxygen atoms in total. The molecule has 31 heavy (non-hydrogen) atoms. The number of hydrogen-bond donors (Lipinski definition) is 2. The van der Waals surface area contributed by atoms with Crippen molar-refractivity contribution in [3.05, 3.63) is 65.4 Å². The molecule has 0 fully saturated rings. The van der Waals surface area contributed by atoms with Gasteiger partial charge in [-0.25, -0.2) is 0 Å². The van der Waals surface area contributed by atoms with Gasteiger partial charge in [-0.2, -0.15) is 0 Å². The molecule has 2 atom stereocenters. The summed E-state index contributed by atoms with van der Waals surface area (Å²) in [6, 6.07) is 14.5. The van der Waals surface area contributed by atoms with Crippen molar-refractivity contribution in [3.8, 4) is 11.5 Å². The number of allylic oxidation sites excluding steroid dienone is 1. The van der Waals surface area contributed by atoms with Crippen LogP contribution < -0.4 is 20.1 Å². The van der Waals surface area contributed by atoms with Gasteiger partial charge in [-0.1, -0.05) is 12.1 Å². The number of amides is 2. The van der Waals surface area contributed by atoms with Crippen LogP contribution in [-0.2, 0) is 14.4 Å². The van der Waals surface area contributed by atoms with E-state index >= 15 is 0 Å². The minimum atomic E-state index is -0.796. The van der Waals surface area contributed by atoms with Gasteiger partial charge in [0.25, 0.3) is 0 Å². The van der Waals surface area contributed by atoms with Crippen molar-refractivity contribution in [3.63, 3.8) is 0 Å². The number of anilines is 1. The molecular weight excluding hydrogens is 396 g/mol. The summed E-state index contributed by atoms with van der Waals surface area (Å²) >= 11 is 0. The summed E-state index contributed by atoms with van der Waals surface area (Å²) in [5.41, 5.74) is 2.57. The molecule has 0 unspecified atom stereocenters. The van der Waals surface area contributed by atoms with Crippen LogP contribution in [0.4, 0.5) is 5.69 Å². The van der Waals surface area contributed by atoms with Crippen LogP contribution in [0.25, 0.3) is 0 Å². The number of rotatable bonds is 5. The zero-order valence-corrected chi connectivity index (χ0v) is 17.4. The van der Waals surface area contributed by atoms with E-state index in [9.17, 15) is 14.4 Å². The number of Topliss-reactive ketones (excluding diaryl/α,β-unsaturated/α-hetero) is 1. The van der Waals surface area contributed by atoms with Gasteiger partial charge in [0, 0.05) is 29.8 Å². The van der Waals surface area contributed by atoms with Crippen molar-refractivity contribution in [1.82, 2.24) is 5.32 Å². The van der Waals surface area contributed by atoms with E-state index in [2.05, 4.69) is 10.6 Å². The highest BCUT2D eigenvalue weighted by atomic mass is 16.5. The molecule has 2 N–H and O–H groups in total. The highest BCUT2D eigenvalue weighted by molar-refractivity contribution is 6.09. The van der Waals surface area contributed by atoms with Gasteiger partial charge in [-0.3, -0.25) is 14.4 Å². The Kier molecular flexibility index (Phi) is 5.75. The molecule has 0 saturated carbocycles. The lowest BCUT2D eigenvalue weighted by molar-refractivity contribution is -0.129. The number of hydrogen-bond acceptors (Lipinski definition) is 5. The van der Waals surface area contributed by atoms with Crippen molar-refractivity contribution in [2.45, 2.75) is 25.2 Å². The zero-order valence-electron chi connectivity index (χ0n) is 17.4. The molecule has 0 radical (unpaired) electrons. The molecule has 1 aliphatic heterocycles. The fraction of sp³-hybridized carbons (Fsp3) is 0.292. The van der Waals surface area contributed by atoms with Gasteiger partial charge < -0.3 is 20.1 Å².